The van der Waals surface area contributed by atoms with Crippen LogP contribution in [0.1, 0.15) is 35.1 Å². The highest BCUT2D eigenvalue weighted by Gasteiger charge is 2.20. The Balaban J connectivity index is 1.83. The molecule has 0 spiro atoms. The minimum absolute atomic E-state index is 0.104. The second-order valence-corrected chi connectivity index (χ2v) is 4.26. The molecule has 0 atom stereocenters. The first-order valence-corrected chi connectivity index (χ1v) is 6.45. The van der Waals surface area contributed by atoms with Gasteiger partial charge in [-0.3, -0.25) is 9.89 Å². The van der Waals surface area contributed by atoms with Gasteiger partial charge >= 0.3 is 0 Å². The highest BCUT2D eigenvalue weighted by Crippen LogP contribution is 2.14. The van der Waals surface area contributed by atoms with Crippen molar-refractivity contribution in [1.82, 2.24) is 20.8 Å². The van der Waals surface area contributed by atoms with Crippen molar-refractivity contribution in [2.24, 2.45) is 0 Å². The number of ether oxygens (including phenoxy) is 1. The monoisotopic (exact) mass is 252 g/mol. The van der Waals surface area contributed by atoms with Crippen LogP contribution in [-0.4, -0.2) is 42.4 Å². The van der Waals surface area contributed by atoms with Gasteiger partial charge in [-0.15, -0.1) is 0 Å². The number of aromatic amines is 1. The lowest BCUT2D eigenvalue weighted by Gasteiger charge is -2.12. The van der Waals surface area contributed by atoms with Crippen LogP contribution in [0.3, 0.4) is 0 Å². The molecule has 6 heteroatoms. The van der Waals surface area contributed by atoms with E-state index in [4.69, 9.17) is 4.74 Å². The summed E-state index contributed by atoms with van der Waals surface area (Å²) in [6.45, 7) is 5.62. The van der Waals surface area contributed by atoms with Gasteiger partial charge in [0.1, 0.15) is 0 Å². The van der Waals surface area contributed by atoms with Gasteiger partial charge in [0.15, 0.2) is 5.69 Å². The van der Waals surface area contributed by atoms with E-state index < -0.39 is 0 Å². The fraction of sp³-hybridized carbons (Fsp3) is 0.667. The first kappa shape index (κ1) is 13.0. The molecule has 1 aromatic rings. The number of carbonyl (C=O) groups is 1. The average molecular weight is 252 g/mol. The molecule has 1 aromatic heterocycles. The molecule has 2 rings (SSSR count). The minimum Gasteiger partial charge on any atom is -0.382 e. The number of aromatic nitrogens is 2. The summed E-state index contributed by atoms with van der Waals surface area (Å²) in [6.07, 6.45) is 1.73. The van der Waals surface area contributed by atoms with Crippen molar-refractivity contribution in [3.05, 3.63) is 17.0 Å². The number of hydrogen-bond acceptors (Lipinski definition) is 4. The number of nitrogens with zero attached hydrogens (tertiary/aromatic N) is 1. The van der Waals surface area contributed by atoms with Crippen LogP contribution in [0.2, 0.25) is 0 Å². The third-order valence-electron chi connectivity index (χ3n) is 2.98. The molecule has 0 saturated carbocycles. The van der Waals surface area contributed by atoms with Crippen molar-refractivity contribution >= 4 is 5.91 Å². The highest BCUT2D eigenvalue weighted by atomic mass is 16.5. The summed E-state index contributed by atoms with van der Waals surface area (Å²) in [5.74, 6) is -0.104. The molecule has 0 radical (unpaired) electrons. The zero-order valence-corrected chi connectivity index (χ0v) is 10.7. The predicted molar refractivity (Wildman–Crippen MR) is 67.4 cm³/mol. The van der Waals surface area contributed by atoms with Gasteiger partial charge in [-0.25, -0.2) is 0 Å². The fourth-order valence-electron chi connectivity index (χ4n) is 2.02. The van der Waals surface area contributed by atoms with Crippen molar-refractivity contribution in [1.29, 1.82) is 0 Å². The Morgan fingerprint density at radius 1 is 1.56 bits per heavy atom. The van der Waals surface area contributed by atoms with E-state index in [0.29, 0.717) is 32.0 Å². The van der Waals surface area contributed by atoms with Gasteiger partial charge < -0.3 is 15.4 Å². The number of hydrogen-bond donors (Lipinski definition) is 3. The third-order valence-corrected chi connectivity index (χ3v) is 2.98. The van der Waals surface area contributed by atoms with Gasteiger partial charge in [0.2, 0.25) is 0 Å². The summed E-state index contributed by atoms with van der Waals surface area (Å²) >= 11 is 0. The topological polar surface area (TPSA) is 79.0 Å². The lowest BCUT2D eigenvalue weighted by atomic mass is 10.1. The van der Waals surface area contributed by atoms with Crippen LogP contribution < -0.4 is 10.6 Å². The Labute approximate surface area is 106 Å². The molecule has 0 unspecified atom stereocenters. The van der Waals surface area contributed by atoms with Crippen LogP contribution in [0.15, 0.2) is 0 Å². The molecule has 3 N–H and O–H groups in total. The lowest BCUT2D eigenvalue weighted by molar-refractivity contribution is 0.0938. The zero-order valence-electron chi connectivity index (χ0n) is 10.7. The van der Waals surface area contributed by atoms with E-state index in [9.17, 15) is 4.79 Å². The van der Waals surface area contributed by atoms with Gasteiger partial charge in [-0.05, 0) is 13.3 Å². The van der Waals surface area contributed by atoms with Crippen molar-refractivity contribution < 1.29 is 9.53 Å². The SMILES string of the molecule is CCOCCCNC(=O)c1n[nH]c2c1CNCC2. The minimum atomic E-state index is -0.104. The first-order chi connectivity index (χ1) is 8.83. The van der Waals surface area contributed by atoms with Crippen LogP contribution in [0, 0.1) is 0 Å². The normalized spacial score (nSPS) is 14.3. The molecule has 1 aliphatic heterocycles. The zero-order chi connectivity index (χ0) is 12.8. The molecule has 1 amide bonds. The summed E-state index contributed by atoms with van der Waals surface area (Å²) in [5, 5.41) is 13.2. The van der Waals surface area contributed by atoms with E-state index in [1.54, 1.807) is 0 Å². The molecule has 0 fully saturated rings. The lowest BCUT2D eigenvalue weighted by Crippen LogP contribution is -2.29. The molecule has 6 nitrogen and oxygen atoms in total. The Hall–Kier alpha value is -1.40. The molecule has 0 saturated heterocycles. The van der Waals surface area contributed by atoms with Crippen LogP contribution >= 0.6 is 0 Å². The van der Waals surface area contributed by atoms with Crippen LogP contribution in [0.4, 0.5) is 0 Å². The molecular formula is C12H20N4O2. The Morgan fingerprint density at radius 2 is 2.44 bits per heavy atom. The second kappa shape index (κ2) is 6.51. The summed E-state index contributed by atoms with van der Waals surface area (Å²) < 4.78 is 5.21. The average Bonchev–Trinajstić information content (AvgIpc) is 2.82. The standard InChI is InChI=1S/C12H20N4O2/c1-2-18-7-3-5-14-12(17)11-9-8-13-6-4-10(9)15-16-11/h13H,2-8H2,1H3,(H,14,17)(H,15,16). The van der Waals surface area contributed by atoms with E-state index in [0.717, 1.165) is 30.6 Å². The largest absolute Gasteiger partial charge is 0.382 e. The van der Waals surface area contributed by atoms with E-state index in [2.05, 4.69) is 20.8 Å². The Morgan fingerprint density at radius 3 is 3.28 bits per heavy atom. The molecular weight excluding hydrogens is 232 g/mol. The Bertz CT molecular complexity index is 403. The maximum absolute atomic E-state index is 11.9. The summed E-state index contributed by atoms with van der Waals surface area (Å²) in [6, 6.07) is 0. The first-order valence-electron chi connectivity index (χ1n) is 6.45. The summed E-state index contributed by atoms with van der Waals surface area (Å²) in [7, 11) is 0. The number of rotatable bonds is 6. The van der Waals surface area contributed by atoms with Crippen molar-refractivity contribution in [3.63, 3.8) is 0 Å². The van der Waals surface area contributed by atoms with Gasteiger partial charge in [0.05, 0.1) is 0 Å². The van der Waals surface area contributed by atoms with Gasteiger partial charge in [-0.2, -0.15) is 5.10 Å². The quantitative estimate of drug-likeness (QED) is 0.632. The second-order valence-electron chi connectivity index (χ2n) is 4.26. The number of carbonyl (C=O) groups excluding carboxylic acids is 1. The van der Waals surface area contributed by atoms with Crippen molar-refractivity contribution in [2.75, 3.05) is 26.3 Å². The maximum atomic E-state index is 11.9. The maximum Gasteiger partial charge on any atom is 0.272 e. The molecule has 2 heterocycles. The number of nitrogens with one attached hydrogen (secondary N) is 3. The van der Waals surface area contributed by atoms with Crippen LogP contribution in [-0.2, 0) is 17.7 Å². The van der Waals surface area contributed by atoms with E-state index in [-0.39, 0.29) is 5.91 Å². The van der Waals surface area contributed by atoms with Gasteiger partial charge in [0, 0.05) is 50.5 Å². The Kier molecular flexibility index (Phi) is 4.72. The fourth-order valence-corrected chi connectivity index (χ4v) is 2.02. The number of fused-ring (bicyclic) bond motifs is 1. The van der Waals surface area contributed by atoms with Crippen molar-refractivity contribution in [2.45, 2.75) is 26.3 Å². The summed E-state index contributed by atoms with van der Waals surface area (Å²) in [4.78, 5) is 11.9. The van der Waals surface area contributed by atoms with E-state index in [1.165, 1.54) is 0 Å². The molecule has 100 valence electrons. The van der Waals surface area contributed by atoms with Crippen molar-refractivity contribution in [3.8, 4) is 0 Å². The van der Waals surface area contributed by atoms with E-state index >= 15 is 0 Å². The molecule has 18 heavy (non-hydrogen) atoms. The van der Waals surface area contributed by atoms with Gasteiger partial charge in [0.25, 0.3) is 5.91 Å². The third kappa shape index (κ3) is 3.08. The summed E-state index contributed by atoms with van der Waals surface area (Å²) in [5.41, 5.74) is 2.60. The predicted octanol–water partition coefficient (Wildman–Crippen LogP) is 0.212. The van der Waals surface area contributed by atoms with E-state index in [1.807, 2.05) is 6.92 Å². The van der Waals surface area contributed by atoms with Gasteiger partial charge in [-0.1, -0.05) is 0 Å². The van der Waals surface area contributed by atoms with Crippen LogP contribution in [0.25, 0.3) is 0 Å². The number of amides is 1. The molecule has 0 bridgehead atoms. The molecule has 1 aliphatic rings. The number of H-pyrrole nitrogens is 1. The van der Waals surface area contributed by atoms with Crippen LogP contribution in [0.5, 0.6) is 0 Å². The smallest absolute Gasteiger partial charge is 0.272 e. The highest BCUT2D eigenvalue weighted by molar-refractivity contribution is 5.94. The molecule has 0 aromatic carbocycles. The molecule has 0 aliphatic carbocycles.